The molecule has 0 bridgehead atoms. The molecule has 0 aliphatic carbocycles. The van der Waals surface area contributed by atoms with Gasteiger partial charge in [0, 0.05) is 105 Å². The largest absolute Gasteiger partial charge is 0.392 e. The highest BCUT2D eigenvalue weighted by atomic mass is 35.5. The number of aliphatic hydroxyl groups is 2. The number of rotatable bonds is 16. The maximum atomic E-state index is 13.1. The van der Waals surface area contributed by atoms with Crippen LogP contribution in [0.2, 0.25) is 10.0 Å². The number of aliphatic hydroxyl groups excluding tert-OH is 2. The highest BCUT2D eigenvalue weighted by molar-refractivity contribution is 7.84. The van der Waals surface area contributed by atoms with Crippen molar-refractivity contribution in [1.29, 1.82) is 0 Å². The van der Waals surface area contributed by atoms with E-state index in [-0.39, 0.29) is 54.2 Å². The Hall–Kier alpha value is -6.37. The predicted octanol–water partition coefficient (Wildman–Crippen LogP) is 4.48. The monoisotopic (exact) mass is 1110 g/mol. The molecule has 4 aliphatic rings. The third-order valence-electron chi connectivity index (χ3n) is 14.1. The van der Waals surface area contributed by atoms with Crippen LogP contribution in [0.4, 0.5) is 17.6 Å². The van der Waals surface area contributed by atoms with E-state index < -0.39 is 16.7 Å². The molecule has 21 nitrogen and oxygen atoms in total. The van der Waals surface area contributed by atoms with Gasteiger partial charge in [-0.3, -0.25) is 13.8 Å². The Bertz CT molecular complexity index is 2980. The molecule has 7 N–H and O–H groups in total. The second kappa shape index (κ2) is 26.8. The van der Waals surface area contributed by atoms with Crippen LogP contribution < -0.4 is 31.5 Å². The summed E-state index contributed by atoms with van der Waals surface area (Å²) in [4.78, 5) is 66.9. The summed E-state index contributed by atoms with van der Waals surface area (Å²) in [6, 6.07) is 14.1. The van der Waals surface area contributed by atoms with Gasteiger partial charge < -0.3 is 51.5 Å². The van der Waals surface area contributed by atoms with Gasteiger partial charge in [-0.05, 0) is 111 Å². The molecule has 4 fully saturated rings. The molecule has 24 heteroatoms. The molecule has 2 amide bonds. The number of hydrogen-bond acceptors (Lipinski definition) is 19. The zero-order valence-corrected chi connectivity index (χ0v) is 45.8. The Morgan fingerprint density at radius 2 is 1.17 bits per heavy atom. The van der Waals surface area contributed by atoms with Gasteiger partial charge in [-0.15, -0.1) is 0 Å². The van der Waals surface area contributed by atoms with Crippen molar-refractivity contribution in [2.45, 2.75) is 70.2 Å². The second-order valence-electron chi connectivity index (χ2n) is 19.9. The van der Waals surface area contributed by atoms with E-state index in [1.165, 1.54) is 57.9 Å². The summed E-state index contributed by atoms with van der Waals surface area (Å²) in [6.45, 7) is 9.90. The van der Waals surface area contributed by atoms with Crippen LogP contribution in [0.25, 0.3) is 0 Å². The molecule has 10 rings (SSSR count). The second-order valence-corrected chi connectivity index (χ2v) is 22.0. The molecule has 4 aliphatic heterocycles. The Morgan fingerprint density at radius 1 is 0.662 bits per heavy atom. The van der Waals surface area contributed by atoms with E-state index in [0.29, 0.717) is 68.7 Å². The topological polar surface area (TPSA) is 265 Å². The van der Waals surface area contributed by atoms with Crippen molar-refractivity contribution < 1.29 is 24.0 Å². The first-order valence-electron chi connectivity index (χ1n) is 25.5. The fraction of sp³-hybridized carbons (Fsp3) is 0.434. The minimum absolute atomic E-state index is 0.106. The number of likely N-dealkylation sites (tertiary alicyclic amines) is 2. The van der Waals surface area contributed by atoms with E-state index in [9.17, 15) is 24.0 Å². The number of hydrogen-bond donors (Lipinski definition) is 7. The summed E-state index contributed by atoms with van der Waals surface area (Å²) in [5, 5.41) is 35.1. The Kier molecular flexibility index (Phi) is 19.8. The van der Waals surface area contributed by atoms with Gasteiger partial charge in [-0.1, -0.05) is 47.5 Å². The first-order valence-corrected chi connectivity index (χ1v) is 27.8. The van der Waals surface area contributed by atoms with Crippen LogP contribution >= 0.6 is 23.2 Å². The number of aromatic nitrogens is 8. The molecule has 6 aromatic rings. The average molecular weight is 1110 g/mol. The molecule has 408 valence electrons. The van der Waals surface area contributed by atoms with Crippen LogP contribution in [-0.4, -0.2) is 149 Å². The number of carbonyl (C=O) groups is 2. The summed E-state index contributed by atoms with van der Waals surface area (Å²) in [5.41, 5.74) is 4.50. The lowest BCUT2D eigenvalue weighted by atomic mass is 9.86. The molecule has 8 heterocycles. The van der Waals surface area contributed by atoms with Crippen LogP contribution in [-0.2, 0) is 50.2 Å². The molecule has 4 aromatic heterocycles. The van der Waals surface area contributed by atoms with Gasteiger partial charge in [-0.2, -0.15) is 4.98 Å². The molecule has 4 saturated heterocycles. The number of nitrogens with zero attached hydrogens (tertiary/aromatic N) is 11. The van der Waals surface area contributed by atoms with Crippen LogP contribution in [0.5, 0.6) is 0 Å². The van der Waals surface area contributed by atoms with E-state index in [1.807, 2.05) is 6.07 Å². The Labute approximate surface area is 461 Å². The van der Waals surface area contributed by atoms with E-state index >= 15 is 0 Å². The van der Waals surface area contributed by atoms with Crippen molar-refractivity contribution in [3.8, 4) is 0 Å². The van der Waals surface area contributed by atoms with Gasteiger partial charge in [0.1, 0.15) is 34.4 Å². The molecule has 3 atom stereocenters. The quantitative estimate of drug-likeness (QED) is 0.0659. The Balaban J connectivity index is 0.000000175. The molecular formula is C53H66Cl2N16O5S. The smallest absolute Gasteiger partial charge is 0.256 e. The molecule has 2 aromatic carbocycles. The molecule has 0 radical (unpaired) electrons. The van der Waals surface area contributed by atoms with Gasteiger partial charge in [0.25, 0.3) is 11.8 Å². The van der Waals surface area contributed by atoms with Crippen molar-refractivity contribution in [3.63, 3.8) is 0 Å². The van der Waals surface area contributed by atoms with Crippen LogP contribution in [0.3, 0.4) is 0 Å². The zero-order chi connectivity index (χ0) is 54.4. The fourth-order valence-corrected chi connectivity index (χ4v) is 10.9. The van der Waals surface area contributed by atoms with Crippen molar-refractivity contribution in [2.75, 3.05) is 88.2 Å². The van der Waals surface area contributed by atoms with Crippen molar-refractivity contribution in [2.24, 2.45) is 10.8 Å². The first kappa shape index (κ1) is 56.8. The van der Waals surface area contributed by atoms with E-state index in [4.69, 9.17) is 28.2 Å². The molecular weight excluding hydrogens is 1040 g/mol. The molecule has 0 saturated carbocycles. The summed E-state index contributed by atoms with van der Waals surface area (Å²) >= 11 is 12.4. The first-order chi connectivity index (χ1) is 37.2. The fourth-order valence-electron chi connectivity index (χ4n) is 9.91. The number of benzene rings is 2. The minimum Gasteiger partial charge on any atom is -0.392 e. The lowest BCUT2D eigenvalue weighted by Crippen LogP contribution is -2.31. The maximum absolute atomic E-state index is 13.1. The van der Waals surface area contributed by atoms with Gasteiger partial charge >= 0.3 is 0 Å². The number of nitrogens with one attached hydrogen (secondary N) is 5. The van der Waals surface area contributed by atoms with Crippen molar-refractivity contribution in [3.05, 3.63) is 141 Å². The van der Waals surface area contributed by atoms with E-state index in [2.05, 4.69) is 90.3 Å². The maximum Gasteiger partial charge on any atom is 0.256 e. The van der Waals surface area contributed by atoms with Gasteiger partial charge in [-0.25, -0.2) is 34.9 Å². The van der Waals surface area contributed by atoms with Crippen LogP contribution in [0, 0.1) is 10.8 Å². The summed E-state index contributed by atoms with van der Waals surface area (Å²) in [5.74, 6) is 1.55. The summed E-state index contributed by atoms with van der Waals surface area (Å²) < 4.78 is 11.8. The van der Waals surface area contributed by atoms with Crippen molar-refractivity contribution in [1.82, 2.24) is 65.6 Å². The number of halogens is 2. The van der Waals surface area contributed by atoms with Gasteiger partial charge in [0.15, 0.2) is 0 Å². The van der Waals surface area contributed by atoms with Crippen molar-refractivity contribution >= 4 is 63.4 Å². The normalized spacial score (nSPS) is 19.3. The third kappa shape index (κ3) is 15.4. The van der Waals surface area contributed by atoms with E-state index in [1.54, 1.807) is 73.4 Å². The summed E-state index contributed by atoms with van der Waals surface area (Å²) in [6.07, 6.45) is 15.9. The zero-order valence-electron chi connectivity index (χ0n) is 43.5. The van der Waals surface area contributed by atoms with E-state index in [0.717, 1.165) is 43.7 Å². The molecule has 2 spiro atoms. The van der Waals surface area contributed by atoms with Crippen LogP contribution in [0.15, 0.2) is 90.9 Å². The predicted molar refractivity (Wildman–Crippen MR) is 296 cm³/mol. The minimum atomic E-state index is -1.41. The number of amides is 2. The van der Waals surface area contributed by atoms with Gasteiger partial charge in [0.05, 0.1) is 37.1 Å². The standard InChI is InChI=1S/C26H31ClN8O2.C19H19ClN6O3S.C8H16N2/c1-34-9-5-26(16-34)6-10-35(17-26)25-32-13-20(24(37)31-14-22-28-7-2-8-29-22)23(33-25)30-12-18-3-4-19(15-36)21(27)11-18;1-30(29)19-25-9-14(18(28)24-10-16-21-5-2-6-22-16)17(26-19)23-8-12-3-4-13(11-27)15(20)7-12;1-10-5-3-8(7-10)2-4-9-6-8/h2-4,7-8,11,13,36H,5-6,9-10,12,14-17H2,1H3,(H,31,37)(H,30,32,33);2-7,9,27H,8,10-11H2,1H3,(H,24,28)(H,23,25,26);9H,2-7H2,1H3. The lowest BCUT2D eigenvalue weighted by molar-refractivity contribution is 0.0941. The number of anilines is 3. The molecule has 3 unspecified atom stereocenters. The average Bonchev–Trinajstić information content (AvgIpc) is 4.30. The lowest BCUT2D eigenvalue weighted by Gasteiger charge is -2.24. The van der Waals surface area contributed by atoms with Gasteiger partial charge in [0.2, 0.25) is 11.1 Å². The van der Waals surface area contributed by atoms with Crippen LogP contribution in [0.1, 0.15) is 80.3 Å². The highest BCUT2D eigenvalue weighted by Gasteiger charge is 2.43. The Morgan fingerprint density at radius 3 is 1.64 bits per heavy atom. The SMILES string of the molecule is CN1CCC2(CCN(c3ncc(C(=O)NCc4ncccn4)c(NCc4ccc(CO)c(Cl)c4)n3)C2)C1.CN1CCC2(CCNC2)C1.CS(=O)c1ncc(C(=O)NCc2ncccn2)c(NCc2ccc(CO)c(Cl)c2)n1. The summed E-state index contributed by atoms with van der Waals surface area (Å²) in [7, 11) is 2.99. The molecule has 77 heavy (non-hydrogen) atoms. The number of carbonyl (C=O) groups excluding carboxylic acids is 2. The third-order valence-corrected chi connectivity index (χ3v) is 15.6. The highest BCUT2D eigenvalue weighted by Crippen LogP contribution is 2.40.